The maximum Gasteiger partial charge on any atom is 0.242 e. The van der Waals surface area contributed by atoms with E-state index in [0.29, 0.717) is 12.5 Å². The van der Waals surface area contributed by atoms with Crippen molar-refractivity contribution in [1.82, 2.24) is 24.0 Å². The van der Waals surface area contributed by atoms with Crippen LogP contribution >= 0.6 is 0 Å². The van der Waals surface area contributed by atoms with Gasteiger partial charge in [0, 0.05) is 37.9 Å². The Morgan fingerprint density at radius 1 is 1.11 bits per heavy atom. The molecule has 1 saturated carbocycles. The third kappa shape index (κ3) is 3.36. The van der Waals surface area contributed by atoms with Gasteiger partial charge in [-0.1, -0.05) is 12.1 Å². The van der Waals surface area contributed by atoms with E-state index in [1.54, 1.807) is 6.33 Å². The van der Waals surface area contributed by atoms with E-state index in [-0.39, 0.29) is 5.91 Å². The molecule has 3 heterocycles. The molecule has 2 aromatic heterocycles. The van der Waals surface area contributed by atoms with E-state index in [1.807, 2.05) is 39.9 Å². The summed E-state index contributed by atoms with van der Waals surface area (Å²) < 4.78 is 4.27. The van der Waals surface area contributed by atoms with Gasteiger partial charge in [-0.05, 0) is 43.7 Å². The van der Waals surface area contributed by atoms with Crippen LogP contribution in [0.2, 0.25) is 0 Å². The lowest BCUT2D eigenvalue weighted by Gasteiger charge is -2.33. The summed E-state index contributed by atoms with van der Waals surface area (Å²) in [6.07, 6.45) is 10.6. The second-order valence-electron chi connectivity index (χ2n) is 7.92. The molecule has 1 atom stereocenters. The number of rotatable bonds is 5. The van der Waals surface area contributed by atoms with E-state index in [1.165, 1.54) is 12.8 Å². The Hall–Kier alpha value is -2.63. The number of benzene rings is 1. The standard InChI is InChI=1S/C21H25N5O/c27-20(14-26-15-23-18-5-1-2-6-19(18)26)24-10-3-4-17(13-24)21-22-9-11-25(21)12-16-7-8-16/h1-2,5-6,9,11,15-17H,3-4,7-8,10,12-14H2/t17-/m1/s1. The molecule has 0 unspecified atom stereocenters. The zero-order valence-corrected chi connectivity index (χ0v) is 15.5. The van der Waals surface area contributed by atoms with E-state index in [4.69, 9.17) is 0 Å². The van der Waals surface area contributed by atoms with Crippen LogP contribution in [0.15, 0.2) is 43.0 Å². The number of hydrogen-bond donors (Lipinski definition) is 0. The van der Waals surface area contributed by atoms with E-state index in [2.05, 4.69) is 20.7 Å². The quantitative estimate of drug-likeness (QED) is 0.700. The fourth-order valence-corrected chi connectivity index (χ4v) is 4.21. The molecule has 1 aliphatic heterocycles. The van der Waals surface area contributed by atoms with Gasteiger partial charge in [-0.25, -0.2) is 9.97 Å². The largest absolute Gasteiger partial charge is 0.340 e. The monoisotopic (exact) mass is 363 g/mol. The van der Waals surface area contributed by atoms with E-state index in [9.17, 15) is 4.79 Å². The van der Waals surface area contributed by atoms with Crippen LogP contribution in [0.5, 0.6) is 0 Å². The molecule has 0 bridgehead atoms. The van der Waals surface area contributed by atoms with Gasteiger partial charge in [0.2, 0.25) is 5.91 Å². The van der Waals surface area contributed by atoms with Crippen molar-refractivity contribution in [2.45, 2.75) is 44.7 Å². The van der Waals surface area contributed by atoms with Crippen molar-refractivity contribution in [2.24, 2.45) is 5.92 Å². The number of fused-ring (bicyclic) bond motifs is 1. The van der Waals surface area contributed by atoms with Crippen LogP contribution in [0.25, 0.3) is 11.0 Å². The van der Waals surface area contributed by atoms with Crippen LogP contribution in [0.1, 0.15) is 37.4 Å². The molecule has 0 spiro atoms. The molecule has 1 aromatic carbocycles. The fourth-order valence-electron chi connectivity index (χ4n) is 4.21. The highest BCUT2D eigenvalue weighted by atomic mass is 16.2. The van der Waals surface area contributed by atoms with Crippen LogP contribution in [0.3, 0.4) is 0 Å². The number of carbonyl (C=O) groups is 1. The van der Waals surface area contributed by atoms with Crippen molar-refractivity contribution in [3.05, 3.63) is 48.8 Å². The Morgan fingerprint density at radius 2 is 2.00 bits per heavy atom. The molecular formula is C21H25N5O. The first-order valence-corrected chi connectivity index (χ1v) is 9.96. The van der Waals surface area contributed by atoms with Crippen LogP contribution < -0.4 is 0 Å². The molecule has 6 nitrogen and oxygen atoms in total. The molecule has 0 N–H and O–H groups in total. The molecule has 2 fully saturated rings. The highest BCUT2D eigenvalue weighted by Gasteiger charge is 2.29. The van der Waals surface area contributed by atoms with Crippen LogP contribution in [0.4, 0.5) is 0 Å². The topological polar surface area (TPSA) is 56.0 Å². The van der Waals surface area contributed by atoms with Gasteiger partial charge in [-0.2, -0.15) is 0 Å². The van der Waals surface area contributed by atoms with Crippen molar-refractivity contribution < 1.29 is 4.79 Å². The summed E-state index contributed by atoms with van der Waals surface area (Å²) >= 11 is 0. The van der Waals surface area contributed by atoms with Crippen molar-refractivity contribution in [3.8, 4) is 0 Å². The van der Waals surface area contributed by atoms with Gasteiger partial charge in [-0.3, -0.25) is 4.79 Å². The normalized spacial score (nSPS) is 20.3. The van der Waals surface area contributed by atoms with Gasteiger partial charge in [0.15, 0.2) is 0 Å². The van der Waals surface area contributed by atoms with Gasteiger partial charge in [0.05, 0.1) is 17.4 Å². The number of amides is 1. The predicted octanol–water partition coefficient (Wildman–Crippen LogP) is 3.05. The summed E-state index contributed by atoms with van der Waals surface area (Å²) in [5.41, 5.74) is 1.95. The minimum atomic E-state index is 0.170. The molecule has 6 heteroatoms. The number of aromatic nitrogens is 4. The highest BCUT2D eigenvalue weighted by molar-refractivity contribution is 5.80. The molecule has 5 rings (SSSR count). The summed E-state index contributed by atoms with van der Waals surface area (Å²) in [6.45, 7) is 3.04. The summed E-state index contributed by atoms with van der Waals surface area (Å²) in [4.78, 5) is 24.0. The minimum absolute atomic E-state index is 0.170. The second-order valence-corrected chi connectivity index (χ2v) is 7.92. The minimum Gasteiger partial charge on any atom is -0.340 e. The molecule has 2 aliphatic rings. The number of para-hydroxylation sites is 2. The number of carbonyl (C=O) groups excluding carboxylic acids is 1. The lowest BCUT2D eigenvalue weighted by molar-refractivity contribution is -0.133. The Balaban J connectivity index is 1.29. The van der Waals surface area contributed by atoms with Crippen molar-refractivity contribution >= 4 is 16.9 Å². The molecule has 3 aromatic rings. The average molecular weight is 363 g/mol. The van der Waals surface area contributed by atoms with Crippen molar-refractivity contribution in [1.29, 1.82) is 0 Å². The molecule has 0 radical (unpaired) electrons. The number of likely N-dealkylation sites (tertiary alicyclic amines) is 1. The third-order valence-electron chi connectivity index (χ3n) is 5.87. The maximum absolute atomic E-state index is 12.9. The summed E-state index contributed by atoms with van der Waals surface area (Å²) in [5, 5.41) is 0. The zero-order valence-electron chi connectivity index (χ0n) is 15.5. The zero-order chi connectivity index (χ0) is 18.2. The van der Waals surface area contributed by atoms with Crippen molar-refractivity contribution in [2.75, 3.05) is 13.1 Å². The summed E-state index contributed by atoms with van der Waals surface area (Å²) in [6, 6.07) is 7.96. The van der Waals surface area contributed by atoms with Crippen LogP contribution in [-0.2, 0) is 17.9 Å². The lowest BCUT2D eigenvalue weighted by atomic mass is 9.97. The second kappa shape index (κ2) is 6.83. The fraction of sp³-hybridized carbons (Fsp3) is 0.476. The van der Waals surface area contributed by atoms with Gasteiger partial charge in [-0.15, -0.1) is 0 Å². The maximum atomic E-state index is 12.9. The van der Waals surface area contributed by atoms with Crippen LogP contribution in [0, 0.1) is 5.92 Å². The number of piperidine rings is 1. The Labute approximate surface area is 158 Å². The molecule has 1 aliphatic carbocycles. The highest BCUT2D eigenvalue weighted by Crippen LogP contribution is 2.33. The van der Waals surface area contributed by atoms with E-state index >= 15 is 0 Å². The predicted molar refractivity (Wildman–Crippen MR) is 103 cm³/mol. The molecule has 140 valence electrons. The van der Waals surface area contributed by atoms with Gasteiger partial charge >= 0.3 is 0 Å². The van der Waals surface area contributed by atoms with Gasteiger partial charge in [0.1, 0.15) is 12.4 Å². The number of nitrogens with zero attached hydrogens (tertiary/aromatic N) is 5. The smallest absolute Gasteiger partial charge is 0.242 e. The summed E-state index contributed by atoms with van der Waals surface area (Å²) in [5.74, 6) is 2.50. The van der Waals surface area contributed by atoms with Crippen LogP contribution in [-0.4, -0.2) is 43.0 Å². The van der Waals surface area contributed by atoms with Gasteiger partial charge in [0.25, 0.3) is 0 Å². The molecular weight excluding hydrogens is 338 g/mol. The van der Waals surface area contributed by atoms with E-state index < -0.39 is 0 Å². The van der Waals surface area contributed by atoms with Crippen molar-refractivity contribution in [3.63, 3.8) is 0 Å². The number of imidazole rings is 2. The van der Waals surface area contributed by atoms with Gasteiger partial charge < -0.3 is 14.0 Å². The molecule has 27 heavy (non-hydrogen) atoms. The third-order valence-corrected chi connectivity index (χ3v) is 5.87. The first kappa shape index (κ1) is 16.5. The Bertz CT molecular complexity index is 954. The lowest BCUT2D eigenvalue weighted by Crippen LogP contribution is -2.41. The number of hydrogen-bond acceptors (Lipinski definition) is 3. The first-order valence-electron chi connectivity index (χ1n) is 9.96. The summed E-state index contributed by atoms with van der Waals surface area (Å²) in [7, 11) is 0. The average Bonchev–Trinajstić information content (AvgIpc) is 3.24. The molecule has 1 saturated heterocycles. The SMILES string of the molecule is O=C(Cn1cnc2ccccc21)N1CCC[C@@H](c2nccn2CC2CC2)C1. The first-order chi connectivity index (χ1) is 13.3. The Morgan fingerprint density at radius 3 is 2.89 bits per heavy atom. The molecule has 1 amide bonds. The van der Waals surface area contributed by atoms with E-state index in [0.717, 1.165) is 55.3 Å². The Kier molecular flexibility index (Phi) is 4.19.